The summed E-state index contributed by atoms with van der Waals surface area (Å²) in [5.41, 5.74) is 5.88. The van der Waals surface area contributed by atoms with Crippen molar-refractivity contribution in [1.29, 1.82) is 0 Å². The van der Waals surface area contributed by atoms with Gasteiger partial charge in [-0.25, -0.2) is 4.98 Å². The van der Waals surface area contributed by atoms with Gasteiger partial charge in [0.25, 0.3) is 0 Å². The number of rotatable bonds is 5. The van der Waals surface area contributed by atoms with E-state index in [-0.39, 0.29) is 17.1 Å². The van der Waals surface area contributed by atoms with Gasteiger partial charge >= 0.3 is 6.18 Å². The minimum absolute atomic E-state index is 0.000206. The molecule has 290 valence electrons. The highest BCUT2D eigenvalue weighted by Crippen LogP contribution is 2.45. The Morgan fingerprint density at radius 3 is 1.36 bits per heavy atom. The first-order valence-electron chi connectivity index (χ1n) is 20.0. The van der Waals surface area contributed by atoms with Crippen molar-refractivity contribution in [3.63, 3.8) is 0 Å². The molecule has 0 bridgehead atoms. The first-order valence-corrected chi connectivity index (χ1v) is 20.0. The van der Waals surface area contributed by atoms with Crippen LogP contribution in [0.2, 0.25) is 0 Å². The molecule has 0 amide bonds. The predicted octanol–water partition coefficient (Wildman–Crippen LogP) is 13.5. The molecule has 8 aromatic carbocycles. The summed E-state index contributed by atoms with van der Waals surface area (Å²) < 4.78 is 53.5. The number of hydrogen-bond donors (Lipinski definition) is 0. The molecule has 0 aliphatic rings. The average Bonchev–Trinajstić information content (AvgIpc) is 3.95. The summed E-state index contributed by atoms with van der Waals surface area (Å²) in [6.45, 7) is 0. The summed E-state index contributed by atoms with van der Waals surface area (Å²) in [5, 5.41) is 5.67. The molecule has 0 radical (unpaired) electrons. The molecule has 0 saturated heterocycles. The monoisotopic (exact) mass is 796 g/mol. The number of fused-ring (bicyclic) bond motifs is 10. The maximum absolute atomic E-state index is 15.9. The van der Waals surface area contributed by atoms with Crippen molar-refractivity contribution in [2.75, 3.05) is 0 Å². The molecule has 0 atom stereocenters. The molecular weight excluding hydrogens is 766 g/mol. The molecule has 0 N–H and O–H groups in total. The van der Waals surface area contributed by atoms with Gasteiger partial charge in [-0.1, -0.05) is 133 Å². The Labute approximate surface area is 346 Å². The van der Waals surface area contributed by atoms with Gasteiger partial charge in [-0.05, 0) is 54.6 Å². The van der Waals surface area contributed by atoms with Crippen molar-refractivity contribution in [3.8, 4) is 40.1 Å². The molecule has 0 saturated carbocycles. The van der Waals surface area contributed by atoms with E-state index >= 15 is 13.2 Å². The molecule has 12 aromatic rings. The lowest BCUT2D eigenvalue weighted by atomic mass is 10.1. The zero-order chi connectivity index (χ0) is 40.8. The van der Waals surface area contributed by atoms with Crippen molar-refractivity contribution < 1.29 is 13.2 Å². The fraction of sp³-hybridized carbons (Fsp3) is 0.0192. The zero-order valence-electron chi connectivity index (χ0n) is 32.2. The Morgan fingerprint density at radius 2 is 0.803 bits per heavy atom. The largest absolute Gasteiger partial charge is 0.418 e. The lowest BCUT2D eigenvalue weighted by Gasteiger charge is -2.18. The highest BCUT2D eigenvalue weighted by atomic mass is 19.4. The zero-order valence-corrected chi connectivity index (χ0v) is 32.2. The summed E-state index contributed by atoms with van der Waals surface area (Å²) in [5.74, 6) is 0.771. The van der Waals surface area contributed by atoms with Gasteiger partial charge in [-0.2, -0.15) is 23.1 Å². The fourth-order valence-electron chi connectivity index (χ4n) is 9.14. The van der Waals surface area contributed by atoms with Gasteiger partial charge < -0.3 is 9.13 Å². The number of benzene rings is 8. The lowest BCUT2D eigenvalue weighted by molar-refractivity contribution is -0.137. The van der Waals surface area contributed by atoms with Crippen LogP contribution in [0.15, 0.2) is 188 Å². The second kappa shape index (κ2) is 13.2. The second-order valence-corrected chi connectivity index (χ2v) is 15.1. The number of halogens is 3. The Morgan fingerprint density at radius 1 is 0.361 bits per heavy atom. The van der Waals surface area contributed by atoms with Crippen molar-refractivity contribution in [3.05, 3.63) is 194 Å². The van der Waals surface area contributed by atoms with Crippen molar-refractivity contribution in [1.82, 2.24) is 28.7 Å². The highest BCUT2D eigenvalue weighted by molar-refractivity contribution is 6.24. The van der Waals surface area contributed by atoms with Gasteiger partial charge in [-0.15, -0.1) is 0 Å². The van der Waals surface area contributed by atoms with Crippen LogP contribution >= 0.6 is 0 Å². The molecular formula is C52H31F3N6. The topological polar surface area (TPSA) is 53.5 Å². The summed E-state index contributed by atoms with van der Waals surface area (Å²) >= 11 is 0. The third kappa shape index (κ3) is 5.33. The molecule has 0 aliphatic heterocycles. The Hall–Kier alpha value is -8.04. The summed E-state index contributed by atoms with van der Waals surface area (Å²) in [6.07, 6.45) is -4.76. The van der Waals surface area contributed by atoms with Gasteiger partial charge in [0.15, 0.2) is 11.6 Å². The maximum atomic E-state index is 15.9. The molecule has 0 aliphatic carbocycles. The van der Waals surface area contributed by atoms with E-state index in [1.807, 2.05) is 156 Å². The van der Waals surface area contributed by atoms with E-state index in [4.69, 9.17) is 15.0 Å². The minimum Gasteiger partial charge on any atom is -0.307 e. The van der Waals surface area contributed by atoms with Gasteiger partial charge in [0.2, 0.25) is 5.95 Å². The predicted molar refractivity (Wildman–Crippen MR) is 239 cm³/mol. The van der Waals surface area contributed by atoms with Crippen LogP contribution in [0.1, 0.15) is 5.56 Å². The summed E-state index contributed by atoms with van der Waals surface area (Å²) in [4.78, 5) is 14.8. The quantitative estimate of drug-likeness (QED) is 0.174. The molecule has 12 rings (SSSR count). The van der Waals surface area contributed by atoms with Gasteiger partial charge in [0.1, 0.15) is 0 Å². The first kappa shape index (κ1) is 35.0. The van der Waals surface area contributed by atoms with Gasteiger partial charge in [-0.3, -0.25) is 4.57 Å². The molecule has 9 heteroatoms. The van der Waals surface area contributed by atoms with Crippen LogP contribution in [0.4, 0.5) is 13.2 Å². The molecule has 0 spiro atoms. The number of nitrogens with zero attached hydrogens (tertiary/aromatic N) is 6. The Kier molecular flexibility index (Phi) is 7.59. The molecule has 4 aromatic heterocycles. The molecule has 4 heterocycles. The summed E-state index contributed by atoms with van der Waals surface area (Å²) in [7, 11) is 0. The molecule has 0 unspecified atom stereocenters. The van der Waals surface area contributed by atoms with Crippen LogP contribution in [-0.4, -0.2) is 28.7 Å². The first-order chi connectivity index (χ1) is 29.9. The van der Waals surface area contributed by atoms with E-state index in [0.29, 0.717) is 28.4 Å². The van der Waals surface area contributed by atoms with Crippen molar-refractivity contribution in [2.45, 2.75) is 6.18 Å². The maximum Gasteiger partial charge on any atom is 0.418 e. The van der Waals surface area contributed by atoms with Crippen LogP contribution < -0.4 is 0 Å². The van der Waals surface area contributed by atoms with Crippen LogP contribution in [0.3, 0.4) is 0 Å². The summed E-state index contributed by atoms with van der Waals surface area (Å²) in [6, 6.07) is 59.7. The normalized spacial score (nSPS) is 12.2. The fourth-order valence-corrected chi connectivity index (χ4v) is 9.14. The number of alkyl halides is 3. The number of hydrogen-bond acceptors (Lipinski definition) is 3. The standard InChI is InChI=1S/C52H31F3N6/c53-52(54,55)41-31-33(50-56-49(32-15-3-1-4-16-32)57-51(58-50)61-44-25-13-7-19-35(44)36-20-8-14-26-45(36)61)27-30-46(41)60-43-24-12-10-22-38(43)40-29-28-39-37-21-9-11-23-42(37)59(47(39)48(40)60)34-17-5-2-6-18-34/h1-31H. The van der Waals surface area contributed by atoms with Crippen LogP contribution in [0.5, 0.6) is 0 Å². The van der Waals surface area contributed by atoms with E-state index in [9.17, 15) is 0 Å². The van der Waals surface area contributed by atoms with Crippen molar-refractivity contribution >= 4 is 65.4 Å². The molecule has 6 nitrogen and oxygen atoms in total. The molecule has 61 heavy (non-hydrogen) atoms. The third-order valence-corrected chi connectivity index (χ3v) is 11.7. The Balaban J connectivity index is 1.15. The van der Waals surface area contributed by atoms with E-state index in [2.05, 4.69) is 22.8 Å². The highest BCUT2D eigenvalue weighted by Gasteiger charge is 2.36. The molecule has 0 fully saturated rings. The third-order valence-electron chi connectivity index (χ3n) is 11.7. The van der Waals surface area contributed by atoms with E-state index in [1.165, 1.54) is 6.07 Å². The number of aromatic nitrogens is 6. The average molecular weight is 797 g/mol. The lowest BCUT2D eigenvalue weighted by Crippen LogP contribution is -2.12. The van der Waals surface area contributed by atoms with Crippen LogP contribution in [0, 0.1) is 0 Å². The van der Waals surface area contributed by atoms with E-state index in [1.54, 1.807) is 16.7 Å². The second-order valence-electron chi connectivity index (χ2n) is 15.1. The Bertz CT molecular complexity index is 3640. The van der Waals surface area contributed by atoms with E-state index in [0.717, 1.165) is 60.1 Å². The van der Waals surface area contributed by atoms with Crippen LogP contribution in [0.25, 0.3) is 106 Å². The minimum atomic E-state index is -4.76. The SMILES string of the molecule is FC(F)(F)c1cc(-c2nc(-c3ccccc3)nc(-n3c4ccccc4c4ccccc43)n2)ccc1-n1c2ccccc2c2ccc3c4ccccc4n(-c4ccccc4)c3c21. The van der Waals surface area contributed by atoms with Gasteiger partial charge in [0.05, 0.1) is 44.4 Å². The van der Waals surface area contributed by atoms with E-state index < -0.39 is 11.7 Å². The van der Waals surface area contributed by atoms with Gasteiger partial charge in [0, 0.05) is 49.1 Å². The van der Waals surface area contributed by atoms with Crippen molar-refractivity contribution in [2.24, 2.45) is 0 Å². The smallest absolute Gasteiger partial charge is 0.307 e. The van der Waals surface area contributed by atoms with Crippen LogP contribution in [-0.2, 0) is 6.18 Å². The number of para-hydroxylation sites is 5.